The Morgan fingerprint density at radius 3 is 1.52 bits per heavy atom. The van der Waals surface area contributed by atoms with Gasteiger partial charge in [-0.3, -0.25) is 0 Å². The molecule has 4 aromatic heterocycles. The van der Waals surface area contributed by atoms with Crippen molar-refractivity contribution in [1.29, 1.82) is 0 Å². The molecule has 290 valence electrons. The summed E-state index contributed by atoms with van der Waals surface area (Å²) in [6, 6.07) is 70.5. The summed E-state index contributed by atoms with van der Waals surface area (Å²) in [5.41, 5.74) is 12.4. The molecule has 0 spiro atoms. The molecule has 0 saturated heterocycles. The van der Waals surface area contributed by atoms with Gasteiger partial charge in [0.25, 0.3) is 0 Å². The van der Waals surface area contributed by atoms with E-state index in [1.54, 1.807) is 0 Å². The summed E-state index contributed by atoms with van der Waals surface area (Å²) in [5.74, 6) is 2.29. The van der Waals surface area contributed by atoms with E-state index in [1.807, 2.05) is 115 Å². The zero-order chi connectivity index (χ0) is 41.0. The molecular weight excluding hydrogens is 761 g/mol. The van der Waals surface area contributed by atoms with Crippen LogP contribution in [0.25, 0.3) is 117 Å². The fourth-order valence-electron chi connectivity index (χ4n) is 8.53. The summed E-state index contributed by atoms with van der Waals surface area (Å²) in [5, 5.41) is 3.22. The minimum absolute atomic E-state index is 0.526. The maximum Gasteiger partial charge on any atom is 0.180 e. The van der Waals surface area contributed by atoms with E-state index in [-0.39, 0.29) is 0 Å². The number of aromatic nitrogens is 6. The topological polar surface area (TPSA) is 82.5 Å². The molecule has 62 heavy (non-hydrogen) atoms. The van der Waals surface area contributed by atoms with Gasteiger partial charge in [-0.15, -0.1) is 0 Å². The lowest BCUT2D eigenvalue weighted by Crippen LogP contribution is -2.04. The number of para-hydroxylation sites is 2. The number of rotatable bonds is 7. The van der Waals surface area contributed by atoms with Crippen molar-refractivity contribution in [2.75, 3.05) is 0 Å². The average molecular weight is 795 g/mol. The Morgan fingerprint density at radius 1 is 0.339 bits per heavy atom. The van der Waals surface area contributed by atoms with Crippen LogP contribution in [0.5, 0.6) is 0 Å². The van der Waals surface area contributed by atoms with E-state index in [4.69, 9.17) is 29.3 Å². The predicted molar refractivity (Wildman–Crippen MR) is 250 cm³/mol. The van der Waals surface area contributed by atoms with E-state index in [0.717, 1.165) is 82.9 Å². The second-order valence-electron chi connectivity index (χ2n) is 15.3. The third-order valence-corrected chi connectivity index (χ3v) is 11.5. The lowest BCUT2D eigenvalue weighted by Gasteiger charge is -2.16. The normalized spacial score (nSPS) is 11.5. The van der Waals surface area contributed by atoms with Crippen molar-refractivity contribution in [1.82, 2.24) is 29.5 Å². The van der Waals surface area contributed by atoms with Crippen LogP contribution in [0, 0.1) is 0 Å². The van der Waals surface area contributed by atoms with Crippen LogP contribution >= 0.6 is 0 Å². The Hall–Kier alpha value is -8.55. The summed E-state index contributed by atoms with van der Waals surface area (Å²) >= 11 is 0. The van der Waals surface area contributed by atoms with Gasteiger partial charge in [0, 0.05) is 44.0 Å². The minimum Gasteiger partial charge on any atom is -0.452 e. The molecule has 0 bridgehead atoms. The van der Waals surface area contributed by atoms with E-state index in [0.29, 0.717) is 34.6 Å². The molecule has 7 heteroatoms. The highest BCUT2D eigenvalue weighted by molar-refractivity contribution is 6.11. The van der Waals surface area contributed by atoms with Gasteiger partial charge in [-0.1, -0.05) is 170 Å². The molecule has 8 aromatic carbocycles. The van der Waals surface area contributed by atoms with Crippen molar-refractivity contribution in [3.05, 3.63) is 206 Å². The summed E-state index contributed by atoms with van der Waals surface area (Å²) < 4.78 is 8.97. The van der Waals surface area contributed by atoms with Crippen molar-refractivity contribution in [3.63, 3.8) is 0 Å². The Balaban J connectivity index is 1.18. The predicted octanol–water partition coefficient (Wildman–Crippen LogP) is 13.7. The first-order valence-electron chi connectivity index (χ1n) is 20.6. The van der Waals surface area contributed by atoms with Gasteiger partial charge in [0.05, 0.1) is 16.7 Å². The second-order valence-corrected chi connectivity index (χ2v) is 15.3. The van der Waals surface area contributed by atoms with Crippen LogP contribution < -0.4 is 0 Å². The van der Waals surface area contributed by atoms with Crippen LogP contribution in [0.15, 0.2) is 211 Å². The highest BCUT2D eigenvalue weighted by atomic mass is 16.3. The monoisotopic (exact) mass is 794 g/mol. The molecule has 0 aliphatic heterocycles. The molecule has 0 N–H and O–H groups in total. The highest BCUT2D eigenvalue weighted by Crippen LogP contribution is 2.41. The van der Waals surface area contributed by atoms with Gasteiger partial charge in [0.2, 0.25) is 0 Å². The van der Waals surface area contributed by atoms with Crippen LogP contribution in [0.2, 0.25) is 0 Å². The van der Waals surface area contributed by atoms with Crippen LogP contribution in [-0.2, 0) is 0 Å². The van der Waals surface area contributed by atoms with Crippen LogP contribution in [0.1, 0.15) is 0 Å². The maximum atomic E-state index is 6.63. The third-order valence-electron chi connectivity index (χ3n) is 11.5. The Kier molecular flexibility index (Phi) is 8.35. The molecule has 12 rings (SSSR count). The van der Waals surface area contributed by atoms with E-state index < -0.39 is 0 Å². The summed E-state index contributed by atoms with van der Waals surface area (Å²) in [6.45, 7) is 0. The van der Waals surface area contributed by atoms with E-state index in [9.17, 15) is 0 Å². The lowest BCUT2D eigenvalue weighted by atomic mass is 10.0. The molecule has 7 nitrogen and oxygen atoms in total. The number of benzene rings is 8. The first kappa shape index (κ1) is 35.4. The van der Waals surface area contributed by atoms with Crippen molar-refractivity contribution < 1.29 is 4.42 Å². The van der Waals surface area contributed by atoms with Crippen molar-refractivity contribution in [3.8, 4) is 73.6 Å². The van der Waals surface area contributed by atoms with Gasteiger partial charge in [-0.25, -0.2) is 24.9 Å². The van der Waals surface area contributed by atoms with Crippen LogP contribution in [-0.4, -0.2) is 29.5 Å². The maximum absolute atomic E-state index is 6.63. The first-order valence-corrected chi connectivity index (χ1v) is 20.6. The second kappa shape index (κ2) is 14.6. The first-order chi connectivity index (χ1) is 30.7. The number of hydrogen-bond acceptors (Lipinski definition) is 6. The van der Waals surface area contributed by atoms with Gasteiger partial charge in [-0.05, 0) is 47.5 Å². The third kappa shape index (κ3) is 6.02. The van der Waals surface area contributed by atoms with Gasteiger partial charge < -0.3 is 8.98 Å². The standard InChI is InChI=1S/C55H34N6O/c1-5-17-35(18-6-1)39-29-31-42-41-25-13-15-27-45(41)61(47(42)34-39)46-32-30-40(49-51-50(43-26-14-16-28-48(43)62-51)57-52(56-49)36-19-7-2-8-20-36)33-44(46)55-59-53(37-21-9-3-10-22-37)58-54(60-55)38-23-11-4-12-24-38/h1-34H. The number of hydrogen-bond donors (Lipinski definition) is 0. The molecule has 0 radical (unpaired) electrons. The van der Waals surface area contributed by atoms with E-state index in [1.165, 1.54) is 0 Å². The van der Waals surface area contributed by atoms with Crippen molar-refractivity contribution in [2.24, 2.45) is 0 Å². The van der Waals surface area contributed by atoms with Gasteiger partial charge in [0.15, 0.2) is 28.9 Å². The molecule has 0 atom stereocenters. The number of furan rings is 1. The molecule has 0 unspecified atom stereocenters. The number of nitrogens with zero attached hydrogens (tertiary/aromatic N) is 6. The molecule has 12 aromatic rings. The van der Waals surface area contributed by atoms with Gasteiger partial charge in [-0.2, -0.15) is 0 Å². The van der Waals surface area contributed by atoms with Crippen LogP contribution in [0.3, 0.4) is 0 Å². The van der Waals surface area contributed by atoms with Crippen molar-refractivity contribution in [2.45, 2.75) is 0 Å². The molecule has 0 amide bonds. The average Bonchev–Trinajstić information content (AvgIpc) is 3.90. The Bertz CT molecular complexity index is 3560. The Morgan fingerprint density at radius 2 is 0.855 bits per heavy atom. The minimum atomic E-state index is 0.526. The van der Waals surface area contributed by atoms with Gasteiger partial charge >= 0.3 is 0 Å². The molecule has 0 fully saturated rings. The highest BCUT2D eigenvalue weighted by Gasteiger charge is 2.24. The van der Waals surface area contributed by atoms with E-state index >= 15 is 0 Å². The molecule has 0 saturated carbocycles. The summed E-state index contributed by atoms with van der Waals surface area (Å²) in [4.78, 5) is 26.0. The molecule has 4 heterocycles. The summed E-state index contributed by atoms with van der Waals surface area (Å²) in [7, 11) is 0. The zero-order valence-electron chi connectivity index (χ0n) is 33.2. The van der Waals surface area contributed by atoms with Gasteiger partial charge in [0.1, 0.15) is 16.8 Å². The Labute approximate surface area is 356 Å². The van der Waals surface area contributed by atoms with Crippen LogP contribution in [0.4, 0.5) is 0 Å². The lowest BCUT2D eigenvalue weighted by molar-refractivity contribution is 0.667. The summed E-state index contributed by atoms with van der Waals surface area (Å²) in [6.07, 6.45) is 0. The SMILES string of the molecule is c1ccc(-c2ccc3c4ccccc4n(-c4ccc(-c5nc(-c6ccccc6)nc6c5oc5ccccc56)cc4-c4nc(-c5ccccc5)nc(-c5ccccc5)n4)c3c2)cc1. The zero-order valence-corrected chi connectivity index (χ0v) is 33.2. The molecular formula is C55H34N6O. The molecule has 0 aliphatic rings. The van der Waals surface area contributed by atoms with Crippen molar-refractivity contribution >= 4 is 43.9 Å². The largest absolute Gasteiger partial charge is 0.452 e. The quantitative estimate of drug-likeness (QED) is 0.160. The molecule has 0 aliphatic carbocycles. The van der Waals surface area contributed by atoms with E-state index in [2.05, 4.69) is 95.6 Å². The smallest absolute Gasteiger partial charge is 0.180 e. The number of fused-ring (bicyclic) bond motifs is 6. The fraction of sp³-hybridized carbons (Fsp3) is 0. The fourth-order valence-corrected chi connectivity index (χ4v) is 8.53.